The SMILES string of the molecule is CNC[C@@H]1CCN(C(=O)[C@H](N)c2ccccc2)C1. The maximum atomic E-state index is 12.3. The summed E-state index contributed by atoms with van der Waals surface area (Å²) in [6.07, 6.45) is 1.06. The van der Waals surface area contributed by atoms with Gasteiger partial charge in [-0.3, -0.25) is 4.79 Å². The van der Waals surface area contributed by atoms with Crippen molar-refractivity contribution in [2.24, 2.45) is 11.7 Å². The molecule has 3 N–H and O–H groups in total. The lowest BCUT2D eigenvalue weighted by molar-refractivity contribution is -0.131. The molecule has 98 valence electrons. The van der Waals surface area contributed by atoms with Crippen molar-refractivity contribution in [3.63, 3.8) is 0 Å². The summed E-state index contributed by atoms with van der Waals surface area (Å²) in [6, 6.07) is 9.04. The van der Waals surface area contributed by atoms with Gasteiger partial charge in [0.2, 0.25) is 5.91 Å². The first kappa shape index (κ1) is 13.1. The van der Waals surface area contributed by atoms with Crippen LogP contribution in [0.3, 0.4) is 0 Å². The zero-order valence-electron chi connectivity index (χ0n) is 10.8. The molecule has 0 aromatic heterocycles. The van der Waals surface area contributed by atoms with Gasteiger partial charge >= 0.3 is 0 Å². The van der Waals surface area contributed by atoms with Crippen LogP contribution in [0.15, 0.2) is 30.3 Å². The number of nitrogens with two attached hydrogens (primary N) is 1. The van der Waals surface area contributed by atoms with Crippen LogP contribution in [0.25, 0.3) is 0 Å². The third-order valence-corrected chi connectivity index (χ3v) is 3.52. The lowest BCUT2D eigenvalue weighted by Crippen LogP contribution is -2.37. The first-order valence-corrected chi connectivity index (χ1v) is 6.46. The van der Waals surface area contributed by atoms with Gasteiger partial charge in [-0.2, -0.15) is 0 Å². The standard InChI is InChI=1S/C14H21N3O/c1-16-9-11-7-8-17(10-11)14(18)13(15)12-5-3-2-4-6-12/h2-6,11,13,16H,7-10,15H2,1H3/t11-,13+/m0/s1. The number of hydrogen-bond donors (Lipinski definition) is 2. The Morgan fingerprint density at radius 2 is 2.22 bits per heavy atom. The van der Waals surface area contributed by atoms with Crippen molar-refractivity contribution in [3.05, 3.63) is 35.9 Å². The fourth-order valence-electron chi connectivity index (χ4n) is 2.49. The molecule has 1 aliphatic rings. The van der Waals surface area contributed by atoms with Gasteiger partial charge in [0.25, 0.3) is 0 Å². The van der Waals surface area contributed by atoms with Crippen LogP contribution in [0, 0.1) is 5.92 Å². The molecule has 1 fully saturated rings. The second kappa shape index (κ2) is 5.98. The predicted molar refractivity (Wildman–Crippen MR) is 72.0 cm³/mol. The molecule has 18 heavy (non-hydrogen) atoms. The van der Waals surface area contributed by atoms with E-state index in [-0.39, 0.29) is 5.91 Å². The highest BCUT2D eigenvalue weighted by Crippen LogP contribution is 2.20. The average Bonchev–Trinajstić information content (AvgIpc) is 2.87. The predicted octanol–water partition coefficient (Wildman–Crippen LogP) is 0.754. The van der Waals surface area contributed by atoms with Crippen LogP contribution in [-0.2, 0) is 4.79 Å². The Morgan fingerprint density at radius 3 is 2.89 bits per heavy atom. The van der Waals surface area contributed by atoms with Crippen LogP contribution in [0.2, 0.25) is 0 Å². The Bertz CT molecular complexity index is 393. The first-order valence-electron chi connectivity index (χ1n) is 6.46. The number of carbonyl (C=O) groups excluding carboxylic acids is 1. The van der Waals surface area contributed by atoms with Crippen LogP contribution in [0.1, 0.15) is 18.0 Å². The van der Waals surface area contributed by atoms with Gasteiger partial charge in [-0.1, -0.05) is 30.3 Å². The highest BCUT2D eigenvalue weighted by atomic mass is 16.2. The zero-order valence-corrected chi connectivity index (χ0v) is 10.8. The minimum absolute atomic E-state index is 0.0415. The van der Waals surface area contributed by atoms with Crippen molar-refractivity contribution in [2.45, 2.75) is 12.5 Å². The molecule has 0 spiro atoms. The molecule has 0 bridgehead atoms. The minimum Gasteiger partial charge on any atom is -0.341 e. The van der Waals surface area contributed by atoms with Gasteiger partial charge in [0.1, 0.15) is 6.04 Å². The number of nitrogens with zero attached hydrogens (tertiary/aromatic N) is 1. The summed E-state index contributed by atoms with van der Waals surface area (Å²) in [6.45, 7) is 2.61. The molecule has 1 saturated heterocycles. The molecule has 2 rings (SSSR count). The van der Waals surface area contributed by atoms with E-state index in [1.807, 2.05) is 42.3 Å². The molecule has 1 aromatic rings. The summed E-state index contributed by atoms with van der Waals surface area (Å²) in [5.41, 5.74) is 6.92. The van der Waals surface area contributed by atoms with E-state index in [1.54, 1.807) is 0 Å². The molecule has 1 aromatic carbocycles. The Hall–Kier alpha value is -1.39. The van der Waals surface area contributed by atoms with E-state index in [9.17, 15) is 4.79 Å². The van der Waals surface area contributed by atoms with Gasteiger partial charge in [0.15, 0.2) is 0 Å². The van der Waals surface area contributed by atoms with Gasteiger partial charge in [0, 0.05) is 13.1 Å². The molecule has 1 aliphatic heterocycles. The molecule has 1 heterocycles. The quantitative estimate of drug-likeness (QED) is 0.825. The number of benzene rings is 1. The average molecular weight is 247 g/mol. The van der Waals surface area contributed by atoms with E-state index in [4.69, 9.17) is 5.73 Å². The van der Waals surface area contributed by atoms with Crippen molar-refractivity contribution < 1.29 is 4.79 Å². The second-order valence-electron chi connectivity index (χ2n) is 4.88. The monoisotopic (exact) mass is 247 g/mol. The lowest BCUT2D eigenvalue weighted by atomic mass is 10.1. The second-order valence-corrected chi connectivity index (χ2v) is 4.88. The normalized spacial score (nSPS) is 21.0. The molecular weight excluding hydrogens is 226 g/mol. The fourth-order valence-corrected chi connectivity index (χ4v) is 2.49. The summed E-state index contributed by atoms with van der Waals surface area (Å²) in [4.78, 5) is 14.2. The van der Waals surface area contributed by atoms with E-state index >= 15 is 0 Å². The van der Waals surface area contributed by atoms with Gasteiger partial charge in [-0.25, -0.2) is 0 Å². The van der Waals surface area contributed by atoms with Crippen LogP contribution in [-0.4, -0.2) is 37.5 Å². The third-order valence-electron chi connectivity index (χ3n) is 3.52. The summed E-state index contributed by atoms with van der Waals surface area (Å²) >= 11 is 0. The van der Waals surface area contributed by atoms with E-state index in [0.29, 0.717) is 5.92 Å². The van der Waals surface area contributed by atoms with Crippen LogP contribution in [0.5, 0.6) is 0 Å². The van der Waals surface area contributed by atoms with E-state index in [1.165, 1.54) is 0 Å². The highest BCUT2D eigenvalue weighted by Gasteiger charge is 2.29. The van der Waals surface area contributed by atoms with Gasteiger partial charge in [-0.05, 0) is 31.5 Å². The molecule has 1 amide bonds. The molecule has 2 atom stereocenters. The molecular formula is C14H21N3O. The number of nitrogens with one attached hydrogen (secondary N) is 1. The Balaban J connectivity index is 1.96. The topological polar surface area (TPSA) is 58.4 Å². The van der Waals surface area contributed by atoms with Gasteiger partial charge in [0.05, 0.1) is 0 Å². The van der Waals surface area contributed by atoms with Crippen LogP contribution in [0.4, 0.5) is 0 Å². The van der Waals surface area contributed by atoms with Crippen molar-refractivity contribution in [1.29, 1.82) is 0 Å². The van der Waals surface area contributed by atoms with Crippen molar-refractivity contribution >= 4 is 5.91 Å². The van der Waals surface area contributed by atoms with Gasteiger partial charge < -0.3 is 16.0 Å². The van der Waals surface area contributed by atoms with Crippen molar-refractivity contribution in [3.8, 4) is 0 Å². The summed E-state index contributed by atoms with van der Waals surface area (Å²) in [7, 11) is 1.94. The van der Waals surface area contributed by atoms with E-state index in [2.05, 4.69) is 5.32 Å². The van der Waals surface area contributed by atoms with Gasteiger partial charge in [-0.15, -0.1) is 0 Å². The zero-order chi connectivity index (χ0) is 13.0. The molecule has 4 nitrogen and oxygen atoms in total. The van der Waals surface area contributed by atoms with Crippen molar-refractivity contribution in [2.75, 3.05) is 26.7 Å². The smallest absolute Gasteiger partial charge is 0.244 e. The number of likely N-dealkylation sites (tertiary alicyclic amines) is 1. The van der Waals surface area contributed by atoms with E-state index in [0.717, 1.165) is 31.6 Å². The molecule has 4 heteroatoms. The summed E-state index contributed by atoms with van der Waals surface area (Å²) in [5.74, 6) is 0.599. The van der Waals surface area contributed by atoms with E-state index < -0.39 is 6.04 Å². The summed E-state index contributed by atoms with van der Waals surface area (Å²) in [5, 5.41) is 3.16. The number of rotatable bonds is 4. The number of hydrogen-bond acceptors (Lipinski definition) is 3. The largest absolute Gasteiger partial charge is 0.341 e. The highest BCUT2D eigenvalue weighted by molar-refractivity contribution is 5.83. The first-order chi connectivity index (χ1) is 8.72. The molecule has 0 aliphatic carbocycles. The lowest BCUT2D eigenvalue weighted by Gasteiger charge is -2.21. The summed E-state index contributed by atoms with van der Waals surface area (Å²) < 4.78 is 0. The fraction of sp³-hybridized carbons (Fsp3) is 0.500. The molecule has 0 saturated carbocycles. The Kier molecular flexibility index (Phi) is 4.33. The Morgan fingerprint density at radius 1 is 1.50 bits per heavy atom. The third kappa shape index (κ3) is 2.89. The maximum Gasteiger partial charge on any atom is 0.244 e. The van der Waals surface area contributed by atoms with Crippen LogP contribution >= 0.6 is 0 Å². The minimum atomic E-state index is -0.528. The maximum absolute atomic E-state index is 12.3. The van der Waals surface area contributed by atoms with Crippen molar-refractivity contribution in [1.82, 2.24) is 10.2 Å². The van der Waals surface area contributed by atoms with Crippen LogP contribution < -0.4 is 11.1 Å². The number of carbonyl (C=O) groups is 1. The number of amides is 1. The molecule has 0 unspecified atom stereocenters. The Labute approximate surface area is 108 Å². The molecule has 0 radical (unpaired) electrons.